The Kier molecular flexibility index (Phi) is 4.74. The molecule has 0 saturated carbocycles. The number of rotatable bonds is 4. The van der Waals surface area contributed by atoms with Gasteiger partial charge in [-0.15, -0.1) is 0 Å². The second-order valence-electron chi connectivity index (χ2n) is 5.07. The van der Waals surface area contributed by atoms with E-state index in [9.17, 15) is 4.79 Å². The summed E-state index contributed by atoms with van der Waals surface area (Å²) >= 11 is 3.34. The Morgan fingerprint density at radius 3 is 2.42 bits per heavy atom. The van der Waals surface area contributed by atoms with Crippen LogP contribution in [0.25, 0.3) is 0 Å². The Bertz CT molecular complexity index is 734. The Morgan fingerprint density at radius 2 is 1.83 bits per heavy atom. The first-order chi connectivity index (χ1) is 11.6. The third kappa shape index (κ3) is 3.37. The van der Waals surface area contributed by atoms with Crippen molar-refractivity contribution in [2.24, 2.45) is 0 Å². The first-order valence-electron chi connectivity index (χ1n) is 7.20. The van der Waals surface area contributed by atoms with Crippen molar-refractivity contribution in [3.8, 4) is 5.88 Å². The van der Waals surface area contributed by atoms with Crippen molar-refractivity contribution in [3.05, 3.63) is 28.8 Å². The van der Waals surface area contributed by atoms with Crippen molar-refractivity contribution in [2.75, 3.05) is 43.1 Å². The van der Waals surface area contributed by atoms with E-state index in [-0.39, 0.29) is 5.69 Å². The third-order valence-electron chi connectivity index (χ3n) is 3.64. The number of aromatic nitrogens is 4. The molecule has 9 nitrogen and oxygen atoms in total. The summed E-state index contributed by atoms with van der Waals surface area (Å²) in [4.78, 5) is 31.7. The van der Waals surface area contributed by atoms with Gasteiger partial charge in [0.2, 0.25) is 11.8 Å². The largest absolute Gasteiger partial charge is 0.480 e. The topological polar surface area (TPSA) is 105 Å². The van der Waals surface area contributed by atoms with Gasteiger partial charge in [-0.1, -0.05) is 0 Å². The normalized spacial score (nSPS) is 14.6. The SMILES string of the molecule is COc1nc(N2CCN(c3cnc(C(=O)O)cn3)CC2)ncc1Br. The molecule has 126 valence electrons. The molecule has 2 aromatic heterocycles. The summed E-state index contributed by atoms with van der Waals surface area (Å²) in [7, 11) is 1.56. The number of hydrogen-bond donors (Lipinski definition) is 1. The lowest BCUT2D eigenvalue weighted by atomic mass is 10.3. The molecule has 0 spiro atoms. The third-order valence-corrected chi connectivity index (χ3v) is 4.18. The molecule has 0 aliphatic carbocycles. The van der Waals surface area contributed by atoms with Crippen molar-refractivity contribution in [1.82, 2.24) is 19.9 Å². The van der Waals surface area contributed by atoms with Crippen LogP contribution in [-0.2, 0) is 0 Å². The standard InChI is InChI=1S/C14H15BrN6O3/c1-24-12-9(15)6-18-14(19-12)21-4-2-20(3-5-21)11-8-16-10(7-17-11)13(22)23/h6-8H,2-5H2,1H3,(H,22,23). The summed E-state index contributed by atoms with van der Waals surface area (Å²) in [5, 5.41) is 8.86. The quantitative estimate of drug-likeness (QED) is 0.814. The second kappa shape index (κ2) is 6.95. The van der Waals surface area contributed by atoms with E-state index in [1.807, 2.05) is 4.90 Å². The molecule has 0 unspecified atom stereocenters. The van der Waals surface area contributed by atoms with E-state index in [2.05, 4.69) is 40.8 Å². The zero-order chi connectivity index (χ0) is 17.1. The number of carbonyl (C=O) groups is 1. The fourth-order valence-electron chi connectivity index (χ4n) is 2.37. The molecule has 0 aromatic carbocycles. The van der Waals surface area contributed by atoms with Crippen LogP contribution in [0.15, 0.2) is 23.1 Å². The van der Waals surface area contributed by atoms with Gasteiger partial charge in [0.25, 0.3) is 0 Å². The predicted molar refractivity (Wildman–Crippen MR) is 89.7 cm³/mol. The van der Waals surface area contributed by atoms with Crippen LogP contribution in [0.2, 0.25) is 0 Å². The first kappa shape index (κ1) is 16.4. The fourth-order valence-corrected chi connectivity index (χ4v) is 2.72. The maximum atomic E-state index is 10.8. The Labute approximate surface area is 146 Å². The van der Waals surface area contributed by atoms with E-state index in [1.165, 1.54) is 12.4 Å². The zero-order valence-electron chi connectivity index (χ0n) is 12.9. The number of hydrogen-bond acceptors (Lipinski definition) is 8. The summed E-state index contributed by atoms with van der Waals surface area (Å²) in [6.07, 6.45) is 4.43. The smallest absolute Gasteiger partial charge is 0.356 e. The molecule has 0 amide bonds. The van der Waals surface area contributed by atoms with Crippen molar-refractivity contribution in [2.45, 2.75) is 0 Å². The number of piperazine rings is 1. The van der Waals surface area contributed by atoms with Crippen molar-refractivity contribution in [1.29, 1.82) is 0 Å². The van der Waals surface area contributed by atoms with E-state index in [0.29, 0.717) is 48.3 Å². The predicted octanol–water partition coefficient (Wildman–Crippen LogP) is 1.06. The number of halogens is 1. The maximum absolute atomic E-state index is 10.8. The summed E-state index contributed by atoms with van der Waals surface area (Å²) in [6, 6.07) is 0. The highest BCUT2D eigenvalue weighted by Gasteiger charge is 2.21. The molecule has 0 radical (unpaired) electrons. The van der Waals surface area contributed by atoms with Crippen LogP contribution >= 0.6 is 15.9 Å². The van der Waals surface area contributed by atoms with Gasteiger partial charge < -0.3 is 19.6 Å². The van der Waals surface area contributed by atoms with E-state index >= 15 is 0 Å². The molecule has 1 aliphatic rings. The highest BCUT2D eigenvalue weighted by Crippen LogP contribution is 2.24. The molecule has 3 rings (SSSR count). The summed E-state index contributed by atoms with van der Waals surface area (Å²) in [5.41, 5.74) is -0.0623. The summed E-state index contributed by atoms with van der Waals surface area (Å²) in [6.45, 7) is 2.85. The van der Waals surface area contributed by atoms with E-state index in [1.54, 1.807) is 13.3 Å². The van der Waals surface area contributed by atoms with Gasteiger partial charge in [0.1, 0.15) is 5.82 Å². The van der Waals surface area contributed by atoms with Gasteiger partial charge in [-0.3, -0.25) is 0 Å². The van der Waals surface area contributed by atoms with Crippen LogP contribution in [0, 0.1) is 0 Å². The number of aromatic carboxylic acids is 1. The molecule has 0 atom stereocenters. The van der Waals surface area contributed by atoms with Crippen LogP contribution in [0.1, 0.15) is 10.5 Å². The molecule has 1 aliphatic heterocycles. The number of methoxy groups -OCH3 is 1. The monoisotopic (exact) mass is 394 g/mol. The molecule has 24 heavy (non-hydrogen) atoms. The van der Waals surface area contributed by atoms with Crippen molar-refractivity contribution < 1.29 is 14.6 Å². The van der Waals surface area contributed by atoms with Crippen LogP contribution in [0.5, 0.6) is 5.88 Å². The molecule has 1 N–H and O–H groups in total. The van der Waals surface area contributed by atoms with Gasteiger partial charge in [-0.05, 0) is 15.9 Å². The summed E-state index contributed by atoms with van der Waals surface area (Å²) < 4.78 is 5.91. The number of nitrogens with zero attached hydrogens (tertiary/aromatic N) is 6. The minimum Gasteiger partial charge on any atom is -0.480 e. The molecular formula is C14H15BrN6O3. The van der Waals surface area contributed by atoms with Gasteiger partial charge >= 0.3 is 5.97 Å². The highest BCUT2D eigenvalue weighted by molar-refractivity contribution is 9.10. The lowest BCUT2D eigenvalue weighted by Crippen LogP contribution is -2.47. The second-order valence-corrected chi connectivity index (χ2v) is 5.92. The first-order valence-corrected chi connectivity index (χ1v) is 7.99. The fraction of sp³-hybridized carbons (Fsp3) is 0.357. The number of anilines is 2. The van der Waals surface area contributed by atoms with Gasteiger partial charge in [0.15, 0.2) is 5.69 Å². The van der Waals surface area contributed by atoms with Crippen LogP contribution in [0.4, 0.5) is 11.8 Å². The van der Waals surface area contributed by atoms with Crippen LogP contribution in [0.3, 0.4) is 0 Å². The molecule has 2 aromatic rings. The molecular weight excluding hydrogens is 380 g/mol. The van der Waals surface area contributed by atoms with E-state index in [4.69, 9.17) is 9.84 Å². The van der Waals surface area contributed by atoms with Crippen molar-refractivity contribution in [3.63, 3.8) is 0 Å². The number of ether oxygens (including phenoxy) is 1. The number of carboxylic acid groups (broad SMARTS) is 1. The van der Waals surface area contributed by atoms with Crippen molar-refractivity contribution >= 4 is 33.7 Å². The average molecular weight is 395 g/mol. The Hall–Kier alpha value is -2.49. The summed E-state index contributed by atoms with van der Waals surface area (Å²) in [5.74, 6) is 0.689. The lowest BCUT2D eigenvalue weighted by molar-refractivity contribution is 0.0690. The molecule has 0 bridgehead atoms. The minimum absolute atomic E-state index is 0.0623. The molecule has 1 saturated heterocycles. The molecule has 1 fully saturated rings. The van der Waals surface area contributed by atoms with Crippen LogP contribution < -0.4 is 14.5 Å². The van der Waals surface area contributed by atoms with Gasteiger partial charge in [-0.25, -0.2) is 19.7 Å². The highest BCUT2D eigenvalue weighted by atomic mass is 79.9. The van der Waals surface area contributed by atoms with Gasteiger partial charge in [-0.2, -0.15) is 4.98 Å². The number of carboxylic acids is 1. The van der Waals surface area contributed by atoms with Gasteiger partial charge in [0, 0.05) is 26.2 Å². The average Bonchev–Trinajstić information content (AvgIpc) is 2.62. The zero-order valence-corrected chi connectivity index (χ0v) is 14.5. The molecule has 3 heterocycles. The lowest BCUT2D eigenvalue weighted by Gasteiger charge is -2.35. The van der Waals surface area contributed by atoms with Crippen LogP contribution in [-0.4, -0.2) is 64.3 Å². The molecule has 10 heteroatoms. The van der Waals surface area contributed by atoms with E-state index in [0.717, 1.165) is 0 Å². The maximum Gasteiger partial charge on any atom is 0.356 e. The van der Waals surface area contributed by atoms with E-state index < -0.39 is 5.97 Å². The Balaban J connectivity index is 1.66. The van der Waals surface area contributed by atoms with Gasteiger partial charge in [0.05, 0.1) is 30.2 Å². The Morgan fingerprint density at radius 1 is 1.12 bits per heavy atom. The minimum atomic E-state index is -1.08.